The van der Waals surface area contributed by atoms with E-state index in [1.54, 1.807) is 47.7 Å². The van der Waals surface area contributed by atoms with Crippen molar-refractivity contribution in [3.8, 4) is 0 Å². The van der Waals surface area contributed by atoms with E-state index in [1.165, 1.54) is 4.57 Å². The highest BCUT2D eigenvalue weighted by molar-refractivity contribution is 5.92. The molecule has 0 saturated carbocycles. The van der Waals surface area contributed by atoms with E-state index in [9.17, 15) is 19.2 Å². The summed E-state index contributed by atoms with van der Waals surface area (Å²) in [7, 11) is 0. The van der Waals surface area contributed by atoms with Crippen molar-refractivity contribution in [2.45, 2.75) is 123 Å². The number of aromatic nitrogens is 1. The summed E-state index contributed by atoms with van der Waals surface area (Å²) in [5.74, 6) is -0.121. The Kier molecular flexibility index (Phi) is 11.5. The average Bonchev–Trinajstić information content (AvgIpc) is 3.24. The second kappa shape index (κ2) is 14.5. The standard InChI is InChI=1S/C33H51N5O7/c1-31(2,3)43-28(40)34-17-13-12-15-23-27(39)35-19-25(36-23)24(37-29(41)44-32(4,5)6)18-21-20-38(30(42)45-33(7,8)9)26-16-11-10-14-22(21)26/h10-11,14,16,20,23-25,36H,12-13,15,17-19H2,1-9H3,(H,34,40)(H,35,39)(H,37,41)/t23-,24+,25?/m0/s1. The van der Waals surface area contributed by atoms with Crippen LogP contribution in [0.25, 0.3) is 10.9 Å². The van der Waals surface area contributed by atoms with Gasteiger partial charge < -0.3 is 30.2 Å². The van der Waals surface area contributed by atoms with Gasteiger partial charge >= 0.3 is 18.3 Å². The number of hydrogen-bond acceptors (Lipinski definition) is 8. The normalized spacial score (nSPS) is 18.1. The summed E-state index contributed by atoms with van der Waals surface area (Å²) in [5.41, 5.74) is -0.418. The van der Waals surface area contributed by atoms with Crippen molar-refractivity contribution in [1.29, 1.82) is 0 Å². The van der Waals surface area contributed by atoms with E-state index < -0.39 is 47.2 Å². The third-order valence-electron chi connectivity index (χ3n) is 6.83. The first-order valence-electron chi connectivity index (χ1n) is 15.6. The van der Waals surface area contributed by atoms with Crippen molar-refractivity contribution < 1.29 is 33.4 Å². The third kappa shape index (κ3) is 11.6. The Hall–Kier alpha value is -3.80. The highest BCUT2D eigenvalue weighted by Gasteiger charge is 2.34. The van der Waals surface area contributed by atoms with Gasteiger partial charge in [-0.1, -0.05) is 18.2 Å². The lowest BCUT2D eigenvalue weighted by Gasteiger charge is -2.36. The fraction of sp³-hybridized carbons (Fsp3) is 0.636. The number of benzene rings is 1. The molecule has 12 heteroatoms. The van der Waals surface area contributed by atoms with Crippen LogP contribution in [0.15, 0.2) is 30.5 Å². The summed E-state index contributed by atoms with van der Waals surface area (Å²) in [5, 5.41) is 13.0. The van der Waals surface area contributed by atoms with Crippen molar-refractivity contribution in [2.75, 3.05) is 13.1 Å². The molecule has 3 atom stereocenters. The molecule has 0 spiro atoms. The first-order valence-corrected chi connectivity index (χ1v) is 15.6. The van der Waals surface area contributed by atoms with E-state index in [2.05, 4.69) is 21.3 Å². The van der Waals surface area contributed by atoms with Crippen LogP contribution < -0.4 is 21.3 Å². The number of rotatable bonds is 9. The molecule has 1 aromatic heterocycles. The summed E-state index contributed by atoms with van der Waals surface area (Å²) in [6.07, 6.45) is 2.45. The van der Waals surface area contributed by atoms with Crippen LogP contribution in [0, 0.1) is 0 Å². The van der Waals surface area contributed by atoms with Crippen molar-refractivity contribution in [3.63, 3.8) is 0 Å². The number of ether oxygens (including phenoxy) is 3. The minimum atomic E-state index is -0.703. The zero-order valence-corrected chi connectivity index (χ0v) is 28.2. The molecule has 2 aromatic rings. The number of nitrogens with one attached hydrogen (secondary N) is 4. The average molecular weight is 630 g/mol. The van der Waals surface area contributed by atoms with Gasteiger partial charge in [-0.25, -0.2) is 14.4 Å². The van der Waals surface area contributed by atoms with E-state index in [0.717, 1.165) is 10.9 Å². The van der Waals surface area contributed by atoms with Crippen molar-refractivity contribution >= 4 is 35.1 Å². The monoisotopic (exact) mass is 629 g/mol. The molecular weight excluding hydrogens is 578 g/mol. The van der Waals surface area contributed by atoms with Crippen molar-refractivity contribution in [3.05, 3.63) is 36.0 Å². The molecule has 0 radical (unpaired) electrons. The molecular formula is C33H51N5O7. The van der Waals surface area contributed by atoms with Gasteiger partial charge in [0.15, 0.2) is 0 Å². The largest absolute Gasteiger partial charge is 0.444 e. The molecule has 1 saturated heterocycles. The van der Waals surface area contributed by atoms with Crippen LogP contribution in [0.1, 0.15) is 87.1 Å². The molecule has 1 aromatic carbocycles. The van der Waals surface area contributed by atoms with Gasteiger partial charge in [0.1, 0.15) is 16.8 Å². The Morgan fingerprint density at radius 3 is 2.18 bits per heavy atom. The summed E-state index contributed by atoms with van der Waals surface area (Å²) in [6.45, 7) is 17.0. The van der Waals surface area contributed by atoms with Crippen LogP contribution in [0.3, 0.4) is 0 Å². The van der Waals surface area contributed by atoms with E-state index in [0.29, 0.717) is 44.3 Å². The highest BCUT2D eigenvalue weighted by Crippen LogP contribution is 2.25. The van der Waals surface area contributed by atoms with Crippen LogP contribution >= 0.6 is 0 Å². The van der Waals surface area contributed by atoms with Gasteiger partial charge in [-0.05, 0) is 99.6 Å². The molecule has 12 nitrogen and oxygen atoms in total. The van der Waals surface area contributed by atoms with Gasteiger partial charge in [-0.15, -0.1) is 0 Å². The molecule has 0 bridgehead atoms. The lowest BCUT2D eigenvalue weighted by molar-refractivity contribution is -0.125. The maximum Gasteiger partial charge on any atom is 0.419 e. The quantitative estimate of drug-likeness (QED) is 0.223. The maximum atomic E-state index is 13.1. The molecule has 1 unspecified atom stereocenters. The Morgan fingerprint density at radius 2 is 1.53 bits per heavy atom. The second-order valence-corrected chi connectivity index (χ2v) is 14.5. The van der Waals surface area contributed by atoms with E-state index >= 15 is 0 Å². The number of carbonyl (C=O) groups is 4. The number of piperazine rings is 1. The van der Waals surface area contributed by atoms with Gasteiger partial charge in [-0.3, -0.25) is 14.7 Å². The van der Waals surface area contributed by atoms with Gasteiger partial charge in [0.05, 0.1) is 17.6 Å². The van der Waals surface area contributed by atoms with Crippen LogP contribution in [0.2, 0.25) is 0 Å². The Bertz CT molecular complexity index is 1350. The minimum Gasteiger partial charge on any atom is -0.444 e. The van der Waals surface area contributed by atoms with Crippen LogP contribution in [-0.2, 0) is 25.4 Å². The van der Waals surface area contributed by atoms with E-state index in [1.807, 2.05) is 45.0 Å². The molecule has 45 heavy (non-hydrogen) atoms. The molecule has 3 amide bonds. The molecule has 3 rings (SSSR count). The van der Waals surface area contributed by atoms with E-state index in [4.69, 9.17) is 14.2 Å². The fourth-order valence-electron chi connectivity index (χ4n) is 5.04. The summed E-state index contributed by atoms with van der Waals surface area (Å²) in [4.78, 5) is 50.8. The number of alkyl carbamates (subject to hydrolysis) is 2. The van der Waals surface area contributed by atoms with Crippen molar-refractivity contribution in [2.24, 2.45) is 0 Å². The Balaban J connectivity index is 1.76. The van der Waals surface area contributed by atoms with Gasteiger partial charge in [0.25, 0.3) is 0 Å². The molecule has 2 heterocycles. The van der Waals surface area contributed by atoms with Crippen LogP contribution in [0.5, 0.6) is 0 Å². The smallest absolute Gasteiger partial charge is 0.419 e. The van der Waals surface area contributed by atoms with E-state index in [-0.39, 0.29) is 11.9 Å². The third-order valence-corrected chi connectivity index (χ3v) is 6.83. The van der Waals surface area contributed by atoms with Crippen LogP contribution in [-0.4, -0.2) is 76.8 Å². The number of nitrogens with zero attached hydrogens (tertiary/aromatic N) is 1. The number of para-hydroxylation sites is 1. The lowest BCUT2D eigenvalue weighted by atomic mass is 9.95. The fourth-order valence-corrected chi connectivity index (χ4v) is 5.04. The number of carbonyl (C=O) groups excluding carboxylic acids is 4. The molecule has 1 aliphatic rings. The van der Waals surface area contributed by atoms with Gasteiger partial charge in [0, 0.05) is 30.7 Å². The zero-order valence-electron chi connectivity index (χ0n) is 28.2. The Morgan fingerprint density at radius 1 is 0.911 bits per heavy atom. The first-order chi connectivity index (χ1) is 20.8. The second-order valence-electron chi connectivity index (χ2n) is 14.5. The number of unbranched alkanes of at least 4 members (excludes halogenated alkanes) is 1. The number of hydrogen-bond donors (Lipinski definition) is 4. The SMILES string of the molecule is CC(C)(C)OC(=O)NCCCC[C@@H]1NC([C@@H](Cc2cn(C(=O)OC(C)(C)C)c3ccccc23)NC(=O)OC(C)(C)C)CNC1=O. The molecule has 4 N–H and O–H groups in total. The molecule has 0 aliphatic carbocycles. The molecule has 1 fully saturated rings. The number of fused-ring (bicyclic) bond motifs is 1. The van der Waals surface area contributed by atoms with Gasteiger partial charge in [0.2, 0.25) is 5.91 Å². The maximum absolute atomic E-state index is 13.1. The molecule has 1 aliphatic heterocycles. The topological polar surface area (TPSA) is 149 Å². The van der Waals surface area contributed by atoms with Gasteiger partial charge in [-0.2, -0.15) is 0 Å². The predicted octanol–water partition coefficient (Wildman–Crippen LogP) is 5.01. The highest BCUT2D eigenvalue weighted by atomic mass is 16.6. The lowest BCUT2D eigenvalue weighted by Crippen LogP contribution is -2.65. The van der Waals surface area contributed by atoms with Crippen molar-refractivity contribution in [1.82, 2.24) is 25.8 Å². The zero-order chi connectivity index (χ0) is 33.6. The molecule has 250 valence electrons. The summed E-state index contributed by atoms with van der Waals surface area (Å²) in [6, 6.07) is 6.23. The minimum absolute atomic E-state index is 0.121. The summed E-state index contributed by atoms with van der Waals surface area (Å²) < 4.78 is 18.0. The first kappa shape index (κ1) is 35.7. The predicted molar refractivity (Wildman–Crippen MR) is 172 cm³/mol. The number of amides is 3. The van der Waals surface area contributed by atoms with Crippen LogP contribution in [0.4, 0.5) is 14.4 Å². The Labute approximate surface area is 266 Å². The summed E-state index contributed by atoms with van der Waals surface area (Å²) >= 11 is 0.